The third-order valence-corrected chi connectivity index (χ3v) is 3.34. The number of fused-ring (bicyclic) bond motifs is 1. The number of hydrogen-bond donors (Lipinski definition) is 2. The maximum atomic E-state index is 12.2. The molecule has 1 aromatic carbocycles. The van der Waals surface area contributed by atoms with Crippen molar-refractivity contribution in [3.05, 3.63) is 35.6 Å². The van der Waals surface area contributed by atoms with Gasteiger partial charge in [0.1, 0.15) is 5.58 Å². The Morgan fingerprint density at radius 1 is 1.38 bits per heavy atom. The number of nitrogens with one attached hydrogen (secondary N) is 1. The number of likely N-dealkylation sites (N-methyl/N-ethyl adjacent to an activating group) is 1. The first-order valence-corrected chi connectivity index (χ1v) is 6.93. The van der Waals surface area contributed by atoms with Crippen LogP contribution in [0.4, 0.5) is 0 Å². The predicted molar refractivity (Wildman–Crippen MR) is 82.5 cm³/mol. The zero-order valence-corrected chi connectivity index (χ0v) is 12.9. The van der Waals surface area contributed by atoms with Crippen LogP contribution in [-0.2, 0) is 0 Å². The smallest absolute Gasteiger partial charge is 0.287 e. The Labute approximate surface area is 124 Å². The molecule has 2 aromatic rings. The fourth-order valence-electron chi connectivity index (χ4n) is 2.48. The molecule has 2 N–H and O–H groups in total. The number of nitrogens with zero attached hydrogens (tertiary/aromatic N) is 1. The molecule has 0 radical (unpaired) electrons. The Kier molecular flexibility index (Phi) is 4.34. The van der Waals surface area contributed by atoms with Crippen LogP contribution in [-0.4, -0.2) is 48.7 Å². The minimum atomic E-state index is -0.987. The number of furan rings is 1. The summed E-state index contributed by atoms with van der Waals surface area (Å²) in [7, 11) is 3.75. The molecule has 1 unspecified atom stereocenters. The number of carbonyl (C=O) groups excluding carboxylic acids is 1. The molecule has 1 heterocycles. The number of hydrogen-bond acceptors (Lipinski definition) is 4. The van der Waals surface area contributed by atoms with Crippen LogP contribution in [0.5, 0.6) is 0 Å². The molecule has 0 aliphatic rings. The van der Waals surface area contributed by atoms with Gasteiger partial charge >= 0.3 is 0 Å². The topological polar surface area (TPSA) is 65.7 Å². The summed E-state index contributed by atoms with van der Waals surface area (Å²) < 4.78 is 5.60. The van der Waals surface area contributed by atoms with Gasteiger partial charge in [0, 0.05) is 24.0 Å². The average molecular weight is 290 g/mol. The van der Waals surface area contributed by atoms with Crippen molar-refractivity contribution in [2.75, 3.05) is 27.2 Å². The lowest BCUT2D eigenvalue weighted by atomic mass is 10.1. The summed E-state index contributed by atoms with van der Waals surface area (Å²) in [6.45, 7) is 4.18. The Balaban J connectivity index is 2.11. The zero-order chi connectivity index (χ0) is 15.6. The van der Waals surface area contributed by atoms with Crippen LogP contribution in [0, 0.1) is 6.92 Å². The zero-order valence-electron chi connectivity index (χ0n) is 12.9. The first kappa shape index (κ1) is 15.5. The van der Waals surface area contributed by atoms with Crippen LogP contribution >= 0.6 is 0 Å². The fraction of sp³-hybridized carbons (Fsp3) is 0.438. The van der Waals surface area contributed by atoms with E-state index in [1.54, 1.807) is 6.92 Å². The molecule has 1 aromatic heterocycles. The lowest BCUT2D eigenvalue weighted by Gasteiger charge is -2.26. The largest absolute Gasteiger partial charge is 0.451 e. The third-order valence-electron chi connectivity index (χ3n) is 3.34. The van der Waals surface area contributed by atoms with Crippen molar-refractivity contribution in [1.82, 2.24) is 10.2 Å². The van der Waals surface area contributed by atoms with Gasteiger partial charge in [-0.15, -0.1) is 0 Å². The van der Waals surface area contributed by atoms with Gasteiger partial charge in [-0.3, -0.25) is 4.79 Å². The second-order valence-corrected chi connectivity index (χ2v) is 5.97. The summed E-state index contributed by atoms with van der Waals surface area (Å²) >= 11 is 0. The molecule has 1 amide bonds. The summed E-state index contributed by atoms with van der Waals surface area (Å²) in [6, 6.07) is 7.54. The molecular weight excluding hydrogens is 268 g/mol. The second-order valence-electron chi connectivity index (χ2n) is 5.97. The van der Waals surface area contributed by atoms with Crippen molar-refractivity contribution in [1.29, 1.82) is 0 Å². The van der Waals surface area contributed by atoms with E-state index in [-0.39, 0.29) is 12.5 Å². The van der Waals surface area contributed by atoms with Gasteiger partial charge in [-0.2, -0.15) is 0 Å². The van der Waals surface area contributed by atoms with Crippen LogP contribution in [0.15, 0.2) is 28.7 Å². The van der Waals surface area contributed by atoms with E-state index in [2.05, 4.69) is 5.32 Å². The van der Waals surface area contributed by atoms with Crippen LogP contribution in [0.2, 0.25) is 0 Å². The molecule has 0 saturated heterocycles. The summed E-state index contributed by atoms with van der Waals surface area (Å²) in [5.74, 6) is -0.000385. The van der Waals surface area contributed by atoms with Crippen molar-refractivity contribution in [2.45, 2.75) is 19.4 Å². The number of benzene rings is 1. The van der Waals surface area contributed by atoms with Gasteiger partial charge in [0.05, 0.1) is 5.60 Å². The van der Waals surface area contributed by atoms with E-state index in [0.29, 0.717) is 17.9 Å². The van der Waals surface area contributed by atoms with E-state index in [4.69, 9.17) is 4.42 Å². The van der Waals surface area contributed by atoms with E-state index >= 15 is 0 Å². The number of carbonyl (C=O) groups is 1. The quantitative estimate of drug-likeness (QED) is 0.881. The van der Waals surface area contributed by atoms with Gasteiger partial charge in [-0.05, 0) is 34.0 Å². The normalized spacial score (nSPS) is 14.4. The molecular formula is C16H22N2O3. The van der Waals surface area contributed by atoms with E-state index < -0.39 is 5.60 Å². The summed E-state index contributed by atoms with van der Waals surface area (Å²) in [6.07, 6.45) is 0. The molecule has 2 rings (SSSR count). The lowest BCUT2D eigenvalue weighted by Crippen LogP contribution is -2.47. The van der Waals surface area contributed by atoms with Crippen LogP contribution in [0.3, 0.4) is 0 Å². The Morgan fingerprint density at radius 3 is 2.67 bits per heavy atom. The van der Waals surface area contributed by atoms with E-state index in [9.17, 15) is 9.90 Å². The van der Waals surface area contributed by atoms with Gasteiger partial charge in [-0.1, -0.05) is 18.2 Å². The molecule has 0 spiro atoms. The molecule has 5 nitrogen and oxygen atoms in total. The van der Waals surface area contributed by atoms with Gasteiger partial charge < -0.3 is 19.7 Å². The molecule has 0 aliphatic heterocycles. The highest BCUT2D eigenvalue weighted by Gasteiger charge is 2.24. The molecule has 0 fully saturated rings. The molecule has 0 bridgehead atoms. The number of amides is 1. The van der Waals surface area contributed by atoms with Crippen molar-refractivity contribution < 1.29 is 14.3 Å². The van der Waals surface area contributed by atoms with Crippen molar-refractivity contribution in [3.63, 3.8) is 0 Å². The molecule has 0 saturated carbocycles. The first-order chi connectivity index (χ1) is 9.80. The minimum Gasteiger partial charge on any atom is -0.451 e. The highest BCUT2D eigenvalue weighted by molar-refractivity contribution is 5.98. The van der Waals surface area contributed by atoms with E-state index in [1.165, 1.54) is 0 Å². The maximum absolute atomic E-state index is 12.2. The SMILES string of the molecule is Cc1c(C(=O)NCC(C)(O)CN(C)C)oc2ccccc12. The first-order valence-electron chi connectivity index (χ1n) is 6.93. The highest BCUT2D eigenvalue weighted by Crippen LogP contribution is 2.24. The molecule has 1 atom stereocenters. The van der Waals surface area contributed by atoms with Gasteiger partial charge in [0.25, 0.3) is 5.91 Å². The molecule has 5 heteroatoms. The third kappa shape index (κ3) is 3.62. The summed E-state index contributed by atoms with van der Waals surface area (Å²) in [5.41, 5.74) is 0.523. The van der Waals surface area contributed by atoms with Crippen LogP contribution < -0.4 is 5.32 Å². The molecule has 114 valence electrons. The molecule has 21 heavy (non-hydrogen) atoms. The van der Waals surface area contributed by atoms with Gasteiger partial charge in [-0.25, -0.2) is 0 Å². The number of para-hydroxylation sites is 1. The highest BCUT2D eigenvalue weighted by atomic mass is 16.3. The fourth-order valence-corrected chi connectivity index (χ4v) is 2.48. The summed E-state index contributed by atoms with van der Waals surface area (Å²) in [5, 5.41) is 13.9. The average Bonchev–Trinajstić information content (AvgIpc) is 2.73. The monoisotopic (exact) mass is 290 g/mol. The maximum Gasteiger partial charge on any atom is 0.287 e. The Hall–Kier alpha value is -1.85. The number of rotatable bonds is 5. The summed E-state index contributed by atoms with van der Waals surface area (Å²) in [4.78, 5) is 14.1. The van der Waals surface area contributed by atoms with Gasteiger partial charge in [0.2, 0.25) is 0 Å². The standard InChI is InChI=1S/C16H22N2O3/c1-11-12-7-5-6-8-13(12)21-14(11)15(19)17-9-16(2,20)10-18(3)4/h5-8,20H,9-10H2,1-4H3,(H,17,19). The van der Waals surface area contributed by atoms with E-state index in [1.807, 2.05) is 50.2 Å². The molecule has 0 aliphatic carbocycles. The Morgan fingerprint density at radius 2 is 2.05 bits per heavy atom. The van der Waals surface area contributed by atoms with Crippen molar-refractivity contribution in [2.24, 2.45) is 0 Å². The lowest BCUT2D eigenvalue weighted by molar-refractivity contribution is 0.0322. The van der Waals surface area contributed by atoms with Crippen molar-refractivity contribution in [3.8, 4) is 0 Å². The Bertz CT molecular complexity index is 644. The number of aryl methyl sites for hydroxylation is 1. The van der Waals surface area contributed by atoms with Crippen molar-refractivity contribution >= 4 is 16.9 Å². The van der Waals surface area contributed by atoms with Gasteiger partial charge in [0.15, 0.2) is 5.76 Å². The second kappa shape index (κ2) is 5.87. The van der Waals surface area contributed by atoms with E-state index in [0.717, 1.165) is 10.9 Å². The van der Waals surface area contributed by atoms with Crippen LogP contribution in [0.1, 0.15) is 23.0 Å². The van der Waals surface area contributed by atoms with Crippen LogP contribution in [0.25, 0.3) is 11.0 Å². The number of aliphatic hydroxyl groups is 1. The predicted octanol–water partition coefficient (Wildman–Crippen LogP) is 1.78. The minimum absolute atomic E-state index is 0.167.